The maximum absolute atomic E-state index is 12.7. The van der Waals surface area contributed by atoms with Gasteiger partial charge in [0.1, 0.15) is 11.6 Å². The number of carbonyl (C=O) groups excluding carboxylic acids is 2. The van der Waals surface area contributed by atoms with Gasteiger partial charge in [0.25, 0.3) is 5.91 Å². The average Bonchev–Trinajstić information content (AvgIpc) is 3.46. The van der Waals surface area contributed by atoms with Gasteiger partial charge in [-0.2, -0.15) is 0 Å². The molecule has 1 amide bonds. The van der Waals surface area contributed by atoms with E-state index < -0.39 is 12.0 Å². The number of amides is 1. The average molecular weight is 364 g/mol. The molecule has 3 aromatic rings. The van der Waals surface area contributed by atoms with Crippen LogP contribution < -0.4 is 5.32 Å². The van der Waals surface area contributed by atoms with Crippen molar-refractivity contribution >= 4 is 23.0 Å². The zero-order valence-electron chi connectivity index (χ0n) is 15.0. The summed E-state index contributed by atoms with van der Waals surface area (Å²) in [5, 5.41) is 2.75. The Morgan fingerprint density at radius 1 is 1.26 bits per heavy atom. The van der Waals surface area contributed by atoms with Gasteiger partial charge in [-0.3, -0.25) is 4.79 Å². The van der Waals surface area contributed by atoms with Gasteiger partial charge in [-0.1, -0.05) is 30.3 Å². The predicted molar refractivity (Wildman–Crippen MR) is 99.2 cm³/mol. The predicted octanol–water partition coefficient (Wildman–Crippen LogP) is 2.28. The van der Waals surface area contributed by atoms with Gasteiger partial charge in [0.2, 0.25) is 0 Å². The fraction of sp³-hybridized carbons (Fsp3) is 0.300. The molecule has 1 N–H and O–H groups in total. The number of pyridine rings is 1. The highest BCUT2D eigenvalue weighted by Gasteiger charge is 2.26. The fourth-order valence-electron chi connectivity index (χ4n) is 3.09. The van der Waals surface area contributed by atoms with Crippen molar-refractivity contribution in [1.82, 2.24) is 19.9 Å². The smallest absolute Gasteiger partial charge is 0.328 e. The largest absolute Gasteiger partial charge is 0.467 e. The number of hydrogen-bond donors (Lipinski definition) is 1. The molecule has 0 spiro atoms. The molecule has 7 nitrogen and oxygen atoms in total. The zero-order valence-corrected chi connectivity index (χ0v) is 15.0. The van der Waals surface area contributed by atoms with E-state index in [2.05, 4.69) is 15.3 Å². The number of nitrogens with one attached hydrogen (secondary N) is 1. The van der Waals surface area contributed by atoms with Crippen molar-refractivity contribution in [3.05, 3.63) is 60.0 Å². The maximum atomic E-state index is 12.7. The number of nitrogens with zero attached hydrogens (tertiary/aromatic N) is 3. The van der Waals surface area contributed by atoms with Crippen molar-refractivity contribution < 1.29 is 14.3 Å². The second-order valence-corrected chi connectivity index (χ2v) is 6.69. The zero-order chi connectivity index (χ0) is 18.8. The van der Waals surface area contributed by atoms with Gasteiger partial charge < -0.3 is 14.6 Å². The number of ether oxygens (including phenoxy) is 1. The monoisotopic (exact) mass is 364 g/mol. The highest BCUT2D eigenvalue weighted by atomic mass is 16.5. The van der Waals surface area contributed by atoms with Crippen LogP contribution in [0.15, 0.2) is 48.9 Å². The summed E-state index contributed by atoms with van der Waals surface area (Å²) >= 11 is 0. The molecular weight excluding hydrogens is 344 g/mol. The van der Waals surface area contributed by atoms with Gasteiger partial charge in [0.05, 0.1) is 19.0 Å². The molecule has 0 unspecified atom stereocenters. The van der Waals surface area contributed by atoms with Crippen LogP contribution in [0.5, 0.6) is 0 Å². The van der Waals surface area contributed by atoms with Gasteiger partial charge in [-0.15, -0.1) is 0 Å². The molecule has 2 aromatic heterocycles. The van der Waals surface area contributed by atoms with Crippen molar-refractivity contribution in [3.63, 3.8) is 0 Å². The van der Waals surface area contributed by atoms with Crippen molar-refractivity contribution in [2.24, 2.45) is 0 Å². The number of aromatic nitrogens is 3. The van der Waals surface area contributed by atoms with Crippen LogP contribution in [0.25, 0.3) is 11.2 Å². The minimum absolute atomic E-state index is 0.352. The molecule has 138 valence electrons. The van der Waals surface area contributed by atoms with Gasteiger partial charge in [-0.05, 0) is 24.5 Å². The molecule has 0 saturated heterocycles. The number of esters is 1. The van der Waals surface area contributed by atoms with E-state index in [4.69, 9.17) is 4.74 Å². The Morgan fingerprint density at radius 2 is 2.04 bits per heavy atom. The molecule has 1 aromatic carbocycles. The third-order valence-electron chi connectivity index (χ3n) is 4.69. The lowest BCUT2D eigenvalue weighted by molar-refractivity contribution is -0.142. The fourth-order valence-corrected chi connectivity index (χ4v) is 3.09. The number of benzene rings is 1. The lowest BCUT2D eigenvalue weighted by atomic mass is 10.1. The number of imidazole rings is 1. The first-order chi connectivity index (χ1) is 13.2. The SMILES string of the molecule is COC(=O)[C@H](Cc1ccccc1)NC(=O)c1cnc2c(c1)ncn2C1CC1. The van der Waals surface area contributed by atoms with E-state index in [1.165, 1.54) is 13.3 Å². The molecule has 27 heavy (non-hydrogen) atoms. The van der Waals surface area contributed by atoms with Gasteiger partial charge in [0, 0.05) is 18.7 Å². The molecule has 1 atom stereocenters. The molecule has 1 aliphatic rings. The van der Waals surface area contributed by atoms with Gasteiger partial charge in [-0.25, -0.2) is 14.8 Å². The van der Waals surface area contributed by atoms with E-state index in [0.717, 1.165) is 24.1 Å². The third kappa shape index (κ3) is 3.67. The minimum atomic E-state index is -0.774. The Balaban J connectivity index is 1.53. The van der Waals surface area contributed by atoms with Gasteiger partial charge >= 0.3 is 5.97 Å². The molecule has 2 heterocycles. The van der Waals surface area contributed by atoms with Crippen LogP contribution in [0.2, 0.25) is 0 Å². The molecule has 0 radical (unpaired) electrons. The number of hydrogen-bond acceptors (Lipinski definition) is 5. The van der Waals surface area contributed by atoms with Crippen LogP contribution >= 0.6 is 0 Å². The van der Waals surface area contributed by atoms with E-state index in [1.54, 1.807) is 12.4 Å². The summed E-state index contributed by atoms with van der Waals surface area (Å²) in [6.07, 6.45) is 5.91. The normalized spacial score (nSPS) is 14.7. The topological polar surface area (TPSA) is 86.1 Å². The first-order valence-corrected chi connectivity index (χ1v) is 8.91. The second-order valence-electron chi connectivity index (χ2n) is 6.69. The molecule has 7 heteroatoms. The van der Waals surface area contributed by atoms with Gasteiger partial charge in [0.15, 0.2) is 5.65 Å². The van der Waals surface area contributed by atoms with E-state index in [9.17, 15) is 9.59 Å². The lowest BCUT2D eigenvalue weighted by Crippen LogP contribution is -2.43. The first-order valence-electron chi connectivity index (χ1n) is 8.91. The molecule has 0 aliphatic heterocycles. The third-order valence-corrected chi connectivity index (χ3v) is 4.69. The molecule has 4 rings (SSSR count). The van der Waals surface area contributed by atoms with Crippen LogP contribution in [0.3, 0.4) is 0 Å². The Morgan fingerprint density at radius 3 is 2.74 bits per heavy atom. The van der Waals surface area contributed by atoms with E-state index in [0.29, 0.717) is 23.5 Å². The van der Waals surface area contributed by atoms with E-state index in [1.807, 2.05) is 34.9 Å². The summed E-state index contributed by atoms with van der Waals surface area (Å²) in [6.45, 7) is 0. The van der Waals surface area contributed by atoms with Crippen molar-refractivity contribution in [2.45, 2.75) is 31.3 Å². The summed E-state index contributed by atoms with van der Waals surface area (Å²) in [4.78, 5) is 33.5. The maximum Gasteiger partial charge on any atom is 0.328 e. The van der Waals surface area contributed by atoms with E-state index >= 15 is 0 Å². The standard InChI is InChI=1S/C20H20N4O3/c1-27-20(26)17(9-13-5-3-2-4-6-13)23-19(25)14-10-16-18(21-11-14)24(12-22-16)15-7-8-15/h2-6,10-12,15,17H,7-9H2,1H3,(H,23,25)/t17-/m0/s1. The molecule has 1 aliphatic carbocycles. The van der Waals surface area contributed by atoms with Crippen LogP contribution in [0.1, 0.15) is 34.8 Å². The van der Waals surface area contributed by atoms with Crippen LogP contribution in [-0.2, 0) is 16.0 Å². The number of fused-ring (bicyclic) bond motifs is 1. The summed E-state index contributed by atoms with van der Waals surface area (Å²) in [5.41, 5.74) is 2.76. The highest BCUT2D eigenvalue weighted by molar-refractivity contribution is 5.98. The molecule has 1 fully saturated rings. The van der Waals surface area contributed by atoms with Crippen molar-refractivity contribution in [2.75, 3.05) is 7.11 Å². The van der Waals surface area contributed by atoms with E-state index in [-0.39, 0.29) is 5.91 Å². The van der Waals surface area contributed by atoms with Crippen molar-refractivity contribution in [3.8, 4) is 0 Å². The summed E-state index contributed by atoms with van der Waals surface area (Å²) in [6, 6.07) is 10.9. The molecule has 1 saturated carbocycles. The Labute approximate surface area is 156 Å². The summed E-state index contributed by atoms with van der Waals surface area (Å²) in [5.74, 6) is -0.865. The highest BCUT2D eigenvalue weighted by Crippen LogP contribution is 2.36. The summed E-state index contributed by atoms with van der Waals surface area (Å²) in [7, 11) is 1.31. The number of rotatable bonds is 6. The summed E-state index contributed by atoms with van der Waals surface area (Å²) < 4.78 is 6.89. The number of carbonyl (C=O) groups is 2. The quantitative estimate of drug-likeness (QED) is 0.678. The molecular formula is C20H20N4O3. The minimum Gasteiger partial charge on any atom is -0.467 e. The van der Waals surface area contributed by atoms with Crippen LogP contribution in [-0.4, -0.2) is 39.6 Å². The van der Waals surface area contributed by atoms with Crippen LogP contribution in [0.4, 0.5) is 0 Å². The lowest BCUT2D eigenvalue weighted by Gasteiger charge is -2.16. The number of methoxy groups -OCH3 is 1. The Bertz CT molecular complexity index is 979. The van der Waals surface area contributed by atoms with Crippen molar-refractivity contribution in [1.29, 1.82) is 0 Å². The van der Waals surface area contributed by atoms with Crippen LogP contribution in [0, 0.1) is 0 Å². The Kier molecular flexibility index (Phi) is 4.58. The first kappa shape index (κ1) is 17.2. The molecule has 0 bridgehead atoms. The Hall–Kier alpha value is -3.22. The second kappa shape index (κ2) is 7.19.